The number of carbonyl (C=O) groups is 1. The molecule has 0 saturated carbocycles. The number of alkyl halides is 3. The van der Waals surface area contributed by atoms with E-state index in [1.165, 1.54) is 29.5 Å². The van der Waals surface area contributed by atoms with Gasteiger partial charge in [0.2, 0.25) is 0 Å². The van der Waals surface area contributed by atoms with Crippen molar-refractivity contribution in [2.24, 2.45) is 0 Å². The van der Waals surface area contributed by atoms with E-state index in [-0.39, 0.29) is 11.7 Å². The van der Waals surface area contributed by atoms with Crippen molar-refractivity contribution in [3.8, 4) is 5.75 Å². The molecule has 0 bridgehead atoms. The van der Waals surface area contributed by atoms with Gasteiger partial charge in [0, 0.05) is 45.0 Å². The molecule has 0 N–H and O–H groups in total. The fourth-order valence-electron chi connectivity index (χ4n) is 3.25. The van der Waals surface area contributed by atoms with Crippen molar-refractivity contribution in [2.75, 3.05) is 31.1 Å². The van der Waals surface area contributed by atoms with E-state index in [0.29, 0.717) is 48.6 Å². The number of aromatic nitrogens is 3. The predicted octanol–water partition coefficient (Wildman–Crippen LogP) is 3.37. The molecule has 3 heterocycles. The van der Waals surface area contributed by atoms with Gasteiger partial charge in [-0.25, -0.2) is 4.98 Å². The molecule has 1 amide bonds. The van der Waals surface area contributed by atoms with E-state index in [0.717, 1.165) is 5.13 Å². The standard InChI is InChI=1S/C18H18F3N5O2S/c1-2-26-14(5-6-22-26)16(27)24-7-9-25(10-8-24)17-23-13-4-3-12(11-15(13)29-17)28-18(19,20)21/h3-6,11H,2,7-10H2,1H3. The van der Waals surface area contributed by atoms with E-state index in [9.17, 15) is 18.0 Å². The van der Waals surface area contributed by atoms with Crippen LogP contribution in [0.25, 0.3) is 10.2 Å². The third kappa shape index (κ3) is 4.14. The molecule has 154 valence electrons. The lowest BCUT2D eigenvalue weighted by Gasteiger charge is -2.34. The van der Waals surface area contributed by atoms with Gasteiger partial charge in [-0.15, -0.1) is 13.2 Å². The van der Waals surface area contributed by atoms with Crippen molar-refractivity contribution in [1.82, 2.24) is 19.7 Å². The second-order valence-electron chi connectivity index (χ2n) is 6.49. The molecule has 0 unspecified atom stereocenters. The van der Waals surface area contributed by atoms with Crippen LogP contribution in [0.4, 0.5) is 18.3 Å². The first-order valence-corrected chi connectivity index (χ1v) is 9.88. The Morgan fingerprint density at radius 1 is 1.21 bits per heavy atom. The molecule has 11 heteroatoms. The number of aryl methyl sites for hydroxylation is 1. The number of benzene rings is 1. The molecule has 0 radical (unpaired) electrons. The number of hydrogen-bond acceptors (Lipinski definition) is 6. The van der Waals surface area contributed by atoms with Crippen LogP contribution in [0.15, 0.2) is 30.5 Å². The quantitative estimate of drug-likeness (QED) is 0.641. The Morgan fingerprint density at radius 2 is 1.97 bits per heavy atom. The maximum Gasteiger partial charge on any atom is 0.573 e. The molecule has 29 heavy (non-hydrogen) atoms. The average Bonchev–Trinajstić information content (AvgIpc) is 3.32. The predicted molar refractivity (Wildman–Crippen MR) is 102 cm³/mol. The fourth-order valence-corrected chi connectivity index (χ4v) is 4.30. The van der Waals surface area contributed by atoms with E-state index in [1.807, 2.05) is 11.8 Å². The number of rotatable bonds is 4. The van der Waals surface area contributed by atoms with Crippen LogP contribution in [-0.2, 0) is 6.54 Å². The maximum atomic E-state index is 12.7. The zero-order valence-corrected chi connectivity index (χ0v) is 16.3. The molecule has 1 saturated heterocycles. The Labute approximate surface area is 168 Å². The van der Waals surface area contributed by atoms with Gasteiger partial charge >= 0.3 is 6.36 Å². The first kappa shape index (κ1) is 19.5. The lowest BCUT2D eigenvalue weighted by atomic mass is 10.3. The van der Waals surface area contributed by atoms with Crippen LogP contribution in [0, 0.1) is 0 Å². The van der Waals surface area contributed by atoms with E-state index in [4.69, 9.17) is 0 Å². The van der Waals surface area contributed by atoms with Crippen molar-refractivity contribution in [2.45, 2.75) is 19.8 Å². The highest BCUT2D eigenvalue weighted by atomic mass is 32.1. The summed E-state index contributed by atoms with van der Waals surface area (Å²) in [5.41, 5.74) is 1.18. The molecular formula is C18H18F3N5O2S. The Hall–Kier alpha value is -2.82. The molecule has 1 aromatic carbocycles. The highest BCUT2D eigenvalue weighted by molar-refractivity contribution is 7.22. The number of thiazole rings is 1. The lowest BCUT2D eigenvalue weighted by Crippen LogP contribution is -2.49. The largest absolute Gasteiger partial charge is 0.573 e. The number of amides is 1. The third-order valence-electron chi connectivity index (χ3n) is 4.65. The van der Waals surface area contributed by atoms with E-state index < -0.39 is 6.36 Å². The summed E-state index contributed by atoms with van der Waals surface area (Å²) >= 11 is 1.31. The second-order valence-corrected chi connectivity index (χ2v) is 7.49. The van der Waals surface area contributed by atoms with Gasteiger partial charge in [0.1, 0.15) is 11.4 Å². The average molecular weight is 425 g/mol. The van der Waals surface area contributed by atoms with Crippen LogP contribution in [0.1, 0.15) is 17.4 Å². The van der Waals surface area contributed by atoms with Gasteiger partial charge in [-0.1, -0.05) is 11.3 Å². The molecular weight excluding hydrogens is 407 g/mol. The number of carbonyl (C=O) groups excluding carboxylic acids is 1. The Kier molecular flexibility index (Phi) is 5.07. The highest BCUT2D eigenvalue weighted by Crippen LogP contribution is 2.33. The second kappa shape index (κ2) is 7.54. The topological polar surface area (TPSA) is 63.5 Å². The SMILES string of the molecule is CCn1nccc1C(=O)N1CCN(c2nc3ccc(OC(F)(F)F)cc3s2)CC1. The van der Waals surface area contributed by atoms with Gasteiger partial charge in [0.25, 0.3) is 5.91 Å². The smallest absolute Gasteiger partial charge is 0.406 e. The van der Waals surface area contributed by atoms with Crippen LogP contribution < -0.4 is 9.64 Å². The summed E-state index contributed by atoms with van der Waals surface area (Å²) in [5.74, 6) is -0.314. The van der Waals surface area contributed by atoms with Crippen LogP contribution in [0.2, 0.25) is 0 Å². The number of ether oxygens (including phenoxy) is 1. The van der Waals surface area contributed by atoms with E-state index in [2.05, 4.69) is 14.8 Å². The summed E-state index contributed by atoms with van der Waals surface area (Å²) in [5, 5.41) is 4.85. The van der Waals surface area contributed by atoms with Gasteiger partial charge in [-0.2, -0.15) is 5.10 Å². The highest BCUT2D eigenvalue weighted by Gasteiger charge is 2.31. The molecule has 1 aliphatic heterocycles. The van der Waals surface area contributed by atoms with Crippen molar-refractivity contribution < 1.29 is 22.7 Å². The fraction of sp³-hybridized carbons (Fsp3) is 0.389. The Balaban J connectivity index is 1.44. The number of fused-ring (bicyclic) bond motifs is 1. The normalized spacial score (nSPS) is 15.2. The molecule has 1 fully saturated rings. The van der Waals surface area contributed by atoms with E-state index in [1.54, 1.807) is 21.8 Å². The molecule has 2 aromatic heterocycles. The summed E-state index contributed by atoms with van der Waals surface area (Å²) in [7, 11) is 0. The zero-order valence-electron chi connectivity index (χ0n) is 15.5. The summed E-state index contributed by atoms with van der Waals surface area (Å²) in [6, 6.07) is 5.83. The summed E-state index contributed by atoms with van der Waals surface area (Å²) < 4.78 is 43.5. The summed E-state index contributed by atoms with van der Waals surface area (Å²) in [6.45, 7) is 4.81. The van der Waals surface area contributed by atoms with Crippen molar-refractivity contribution >= 4 is 32.6 Å². The molecule has 1 aliphatic rings. The van der Waals surface area contributed by atoms with Crippen LogP contribution in [-0.4, -0.2) is 58.1 Å². The molecule has 3 aromatic rings. The molecule has 0 aliphatic carbocycles. The molecule has 7 nitrogen and oxygen atoms in total. The van der Waals surface area contributed by atoms with Crippen molar-refractivity contribution in [1.29, 1.82) is 0 Å². The van der Waals surface area contributed by atoms with Crippen molar-refractivity contribution in [3.63, 3.8) is 0 Å². The minimum absolute atomic E-state index is 0.0535. The number of nitrogens with zero attached hydrogens (tertiary/aromatic N) is 5. The number of halogens is 3. The zero-order chi connectivity index (χ0) is 20.6. The van der Waals surface area contributed by atoms with Gasteiger partial charge in [0.15, 0.2) is 5.13 Å². The Bertz CT molecular complexity index is 1020. The molecule has 0 atom stereocenters. The minimum atomic E-state index is -4.72. The van der Waals surface area contributed by atoms with Crippen molar-refractivity contribution in [3.05, 3.63) is 36.2 Å². The number of hydrogen-bond donors (Lipinski definition) is 0. The first-order valence-electron chi connectivity index (χ1n) is 9.06. The van der Waals surface area contributed by atoms with Gasteiger partial charge in [0.05, 0.1) is 10.2 Å². The van der Waals surface area contributed by atoms with Crippen LogP contribution in [0.5, 0.6) is 5.75 Å². The Morgan fingerprint density at radius 3 is 2.66 bits per heavy atom. The monoisotopic (exact) mass is 425 g/mol. The van der Waals surface area contributed by atoms with Gasteiger partial charge < -0.3 is 14.5 Å². The summed E-state index contributed by atoms with van der Waals surface area (Å²) in [6.07, 6.45) is -3.11. The van der Waals surface area contributed by atoms with Gasteiger partial charge in [-0.05, 0) is 25.1 Å². The maximum absolute atomic E-state index is 12.7. The lowest BCUT2D eigenvalue weighted by molar-refractivity contribution is -0.274. The van der Waals surface area contributed by atoms with Crippen LogP contribution >= 0.6 is 11.3 Å². The minimum Gasteiger partial charge on any atom is -0.406 e. The molecule has 4 rings (SSSR count). The van der Waals surface area contributed by atoms with Gasteiger partial charge in [-0.3, -0.25) is 9.48 Å². The first-order chi connectivity index (χ1) is 13.8. The number of anilines is 1. The summed E-state index contributed by atoms with van der Waals surface area (Å²) in [4.78, 5) is 21.0. The third-order valence-corrected chi connectivity index (χ3v) is 5.73. The molecule has 0 spiro atoms. The van der Waals surface area contributed by atoms with Crippen LogP contribution in [0.3, 0.4) is 0 Å². The number of piperazine rings is 1. The van der Waals surface area contributed by atoms with E-state index >= 15 is 0 Å².